The Kier molecular flexibility index (Phi) is 1.92. The number of nitrogens with two attached hydrogens (primary N) is 1. The Balaban J connectivity index is 2.33. The molecule has 15 heavy (non-hydrogen) atoms. The van der Waals surface area contributed by atoms with Crippen LogP contribution in [0.25, 0.3) is 10.9 Å². The number of benzene rings is 1. The highest BCUT2D eigenvalue weighted by Gasteiger charge is 2.27. The number of aromatic nitrogens is 2. The summed E-state index contributed by atoms with van der Waals surface area (Å²) in [4.78, 5) is 8.59. The highest BCUT2D eigenvalue weighted by atomic mass is 79.9. The molecule has 0 atom stereocenters. The molecule has 0 spiro atoms. The normalized spacial score (nSPS) is 15.8. The molecule has 1 heterocycles. The molecule has 1 aliphatic rings. The molecule has 1 aliphatic carbocycles. The summed E-state index contributed by atoms with van der Waals surface area (Å²) in [6, 6.07) is 6.07. The first-order chi connectivity index (χ1) is 7.24. The van der Waals surface area contributed by atoms with Crippen LogP contribution in [0.5, 0.6) is 0 Å². The Morgan fingerprint density at radius 3 is 2.80 bits per heavy atom. The van der Waals surface area contributed by atoms with Gasteiger partial charge in [0.05, 0.1) is 11.2 Å². The van der Waals surface area contributed by atoms with Crippen LogP contribution in [-0.4, -0.2) is 9.97 Å². The number of fused-ring (bicyclic) bond motifs is 1. The smallest absolute Gasteiger partial charge is 0.220 e. The summed E-state index contributed by atoms with van der Waals surface area (Å²) in [7, 11) is 0. The number of halogens is 1. The number of hydrogen-bond donors (Lipinski definition) is 1. The summed E-state index contributed by atoms with van der Waals surface area (Å²) in [5, 5.41) is 1.13. The quantitative estimate of drug-likeness (QED) is 0.861. The molecule has 1 saturated carbocycles. The van der Waals surface area contributed by atoms with Gasteiger partial charge in [-0.15, -0.1) is 0 Å². The molecule has 1 fully saturated rings. The average molecular weight is 264 g/mol. The van der Waals surface area contributed by atoms with Crippen molar-refractivity contribution in [3.8, 4) is 0 Å². The molecule has 1 aromatic heterocycles. The lowest BCUT2D eigenvalue weighted by molar-refractivity contribution is 1.03. The third kappa shape index (κ3) is 1.59. The number of nitrogen functional groups attached to an aromatic ring is 1. The maximum absolute atomic E-state index is 5.70. The van der Waals surface area contributed by atoms with Gasteiger partial charge < -0.3 is 5.73 Å². The van der Waals surface area contributed by atoms with E-state index in [0.29, 0.717) is 11.9 Å². The molecule has 0 bridgehead atoms. The molecule has 0 aliphatic heterocycles. The summed E-state index contributed by atoms with van der Waals surface area (Å²) < 4.78 is 1.02. The zero-order valence-electron chi connectivity index (χ0n) is 8.07. The van der Waals surface area contributed by atoms with E-state index in [2.05, 4.69) is 32.0 Å². The Labute approximate surface area is 95.8 Å². The fourth-order valence-electron chi connectivity index (χ4n) is 1.81. The minimum Gasteiger partial charge on any atom is -0.368 e. The summed E-state index contributed by atoms with van der Waals surface area (Å²) in [5.74, 6) is 0.974. The van der Waals surface area contributed by atoms with Gasteiger partial charge in [-0.05, 0) is 31.0 Å². The average Bonchev–Trinajstić information content (AvgIpc) is 2.98. The van der Waals surface area contributed by atoms with Gasteiger partial charge in [-0.3, -0.25) is 0 Å². The van der Waals surface area contributed by atoms with Crippen LogP contribution in [0.2, 0.25) is 0 Å². The van der Waals surface area contributed by atoms with Gasteiger partial charge in [-0.1, -0.05) is 15.9 Å². The number of anilines is 1. The Morgan fingerprint density at radius 1 is 1.27 bits per heavy atom. The lowest BCUT2D eigenvalue weighted by Gasteiger charge is -2.05. The predicted octanol–water partition coefficient (Wildman–Crippen LogP) is 2.85. The highest BCUT2D eigenvalue weighted by Crippen LogP contribution is 2.42. The minimum atomic E-state index is 0.377. The molecule has 76 valence electrons. The SMILES string of the molecule is Nc1nc(C2CC2)c2ccc(Br)cc2n1. The molecule has 0 saturated heterocycles. The van der Waals surface area contributed by atoms with Crippen LogP contribution in [0.4, 0.5) is 5.95 Å². The van der Waals surface area contributed by atoms with Crippen molar-refractivity contribution in [2.24, 2.45) is 0 Å². The van der Waals surface area contributed by atoms with E-state index in [1.165, 1.54) is 12.8 Å². The van der Waals surface area contributed by atoms with Gasteiger partial charge in [0.2, 0.25) is 5.95 Å². The van der Waals surface area contributed by atoms with Gasteiger partial charge in [0.1, 0.15) is 0 Å². The molecule has 4 heteroatoms. The molecular formula is C11H10BrN3. The highest BCUT2D eigenvalue weighted by molar-refractivity contribution is 9.10. The largest absolute Gasteiger partial charge is 0.368 e. The fraction of sp³-hybridized carbons (Fsp3) is 0.273. The van der Waals surface area contributed by atoms with Gasteiger partial charge in [0.15, 0.2) is 0 Å². The third-order valence-electron chi connectivity index (χ3n) is 2.67. The van der Waals surface area contributed by atoms with Crippen molar-refractivity contribution in [2.75, 3.05) is 5.73 Å². The topological polar surface area (TPSA) is 51.8 Å². The molecule has 3 rings (SSSR count). The minimum absolute atomic E-state index is 0.377. The molecule has 1 aromatic carbocycles. The zero-order valence-corrected chi connectivity index (χ0v) is 9.66. The van der Waals surface area contributed by atoms with Gasteiger partial charge in [-0.2, -0.15) is 0 Å². The zero-order chi connectivity index (χ0) is 10.4. The summed E-state index contributed by atoms with van der Waals surface area (Å²) >= 11 is 3.43. The molecule has 0 unspecified atom stereocenters. The van der Waals surface area contributed by atoms with Crippen molar-refractivity contribution in [2.45, 2.75) is 18.8 Å². The lowest BCUT2D eigenvalue weighted by Crippen LogP contribution is -1.99. The van der Waals surface area contributed by atoms with Gasteiger partial charge in [0, 0.05) is 15.8 Å². The van der Waals surface area contributed by atoms with E-state index in [9.17, 15) is 0 Å². The second kappa shape index (κ2) is 3.17. The van der Waals surface area contributed by atoms with Crippen LogP contribution in [0.3, 0.4) is 0 Å². The second-order valence-corrected chi connectivity index (χ2v) is 4.82. The van der Waals surface area contributed by atoms with Crippen molar-refractivity contribution in [3.63, 3.8) is 0 Å². The summed E-state index contributed by atoms with van der Waals surface area (Å²) in [6.07, 6.45) is 2.45. The maximum Gasteiger partial charge on any atom is 0.220 e. The van der Waals surface area contributed by atoms with Gasteiger partial charge in [-0.25, -0.2) is 9.97 Å². The summed E-state index contributed by atoms with van der Waals surface area (Å²) in [6.45, 7) is 0. The molecule has 3 nitrogen and oxygen atoms in total. The van der Waals surface area contributed by atoms with Crippen molar-refractivity contribution in [1.29, 1.82) is 0 Å². The third-order valence-corrected chi connectivity index (χ3v) is 3.16. The number of rotatable bonds is 1. The monoisotopic (exact) mass is 263 g/mol. The second-order valence-electron chi connectivity index (χ2n) is 3.90. The Bertz CT molecular complexity index is 529. The van der Waals surface area contributed by atoms with Crippen molar-refractivity contribution in [1.82, 2.24) is 9.97 Å². The first kappa shape index (κ1) is 9.09. The summed E-state index contributed by atoms with van der Waals surface area (Å²) in [5.41, 5.74) is 7.75. The Hall–Kier alpha value is -1.16. The van der Waals surface area contributed by atoms with E-state index in [1.54, 1.807) is 0 Å². The van der Waals surface area contributed by atoms with E-state index < -0.39 is 0 Å². The molecule has 2 aromatic rings. The number of hydrogen-bond acceptors (Lipinski definition) is 3. The van der Waals surface area contributed by atoms with Crippen LogP contribution < -0.4 is 5.73 Å². The molecule has 0 amide bonds. The first-order valence-corrected chi connectivity index (χ1v) is 5.76. The molecule has 0 radical (unpaired) electrons. The maximum atomic E-state index is 5.70. The van der Waals surface area contributed by atoms with Crippen molar-refractivity contribution < 1.29 is 0 Å². The van der Waals surface area contributed by atoms with E-state index in [-0.39, 0.29) is 0 Å². The van der Waals surface area contributed by atoms with Gasteiger partial charge in [0.25, 0.3) is 0 Å². The van der Waals surface area contributed by atoms with Crippen LogP contribution >= 0.6 is 15.9 Å². The predicted molar refractivity (Wildman–Crippen MR) is 63.6 cm³/mol. The van der Waals surface area contributed by atoms with Crippen LogP contribution in [-0.2, 0) is 0 Å². The van der Waals surface area contributed by atoms with Gasteiger partial charge >= 0.3 is 0 Å². The molecular weight excluding hydrogens is 254 g/mol. The lowest BCUT2D eigenvalue weighted by atomic mass is 10.1. The van der Waals surface area contributed by atoms with Crippen LogP contribution in [0, 0.1) is 0 Å². The van der Waals surface area contributed by atoms with Crippen molar-refractivity contribution in [3.05, 3.63) is 28.4 Å². The van der Waals surface area contributed by atoms with Crippen molar-refractivity contribution >= 4 is 32.8 Å². The first-order valence-electron chi connectivity index (χ1n) is 4.97. The standard InChI is InChI=1S/C11H10BrN3/c12-7-3-4-8-9(5-7)14-11(13)15-10(8)6-1-2-6/h3-6H,1-2H2,(H2,13,14,15). The van der Waals surface area contributed by atoms with E-state index in [0.717, 1.165) is 21.1 Å². The number of nitrogens with zero attached hydrogens (tertiary/aromatic N) is 2. The fourth-order valence-corrected chi connectivity index (χ4v) is 2.16. The van der Waals surface area contributed by atoms with Crippen LogP contribution in [0.1, 0.15) is 24.5 Å². The van der Waals surface area contributed by atoms with Crippen LogP contribution in [0.15, 0.2) is 22.7 Å². The van der Waals surface area contributed by atoms with E-state index in [1.807, 2.05) is 12.1 Å². The Morgan fingerprint density at radius 2 is 2.07 bits per heavy atom. The van der Waals surface area contributed by atoms with E-state index in [4.69, 9.17) is 5.73 Å². The molecule has 2 N–H and O–H groups in total. The van der Waals surface area contributed by atoms with E-state index >= 15 is 0 Å².